The lowest BCUT2D eigenvalue weighted by Crippen LogP contribution is -2.46. The van der Waals surface area contributed by atoms with Crippen molar-refractivity contribution in [2.75, 3.05) is 5.32 Å². The summed E-state index contributed by atoms with van der Waals surface area (Å²) >= 11 is 0. The van der Waals surface area contributed by atoms with Gasteiger partial charge in [-0.15, -0.1) is 0 Å². The second-order valence-electron chi connectivity index (χ2n) is 9.77. The van der Waals surface area contributed by atoms with Gasteiger partial charge in [-0.1, -0.05) is 80.6 Å². The minimum atomic E-state index is -0.960. The molecule has 0 saturated carbocycles. The molecule has 0 saturated heterocycles. The van der Waals surface area contributed by atoms with Gasteiger partial charge in [-0.3, -0.25) is 14.6 Å². The lowest BCUT2D eigenvalue weighted by molar-refractivity contribution is -0.122. The van der Waals surface area contributed by atoms with E-state index in [-0.39, 0.29) is 29.3 Å². The molecule has 1 heterocycles. The van der Waals surface area contributed by atoms with Gasteiger partial charge in [0.2, 0.25) is 11.8 Å². The van der Waals surface area contributed by atoms with Crippen molar-refractivity contribution in [2.24, 2.45) is 5.92 Å². The number of carbonyl (C=O) groups excluding carboxylic acids is 3. The predicted molar refractivity (Wildman–Crippen MR) is 150 cm³/mol. The van der Waals surface area contributed by atoms with Crippen LogP contribution in [0.5, 0.6) is 11.8 Å². The van der Waals surface area contributed by atoms with Gasteiger partial charge in [0.1, 0.15) is 0 Å². The van der Waals surface area contributed by atoms with Crippen LogP contribution in [0.3, 0.4) is 0 Å². The average Bonchev–Trinajstić information content (AvgIpc) is 3.17. The van der Waals surface area contributed by atoms with Crippen LogP contribution in [-0.4, -0.2) is 39.0 Å². The molecule has 0 radical (unpaired) electrons. The number of hydrogen-bond acceptors (Lipinski definition) is 5. The highest BCUT2D eigenvalue weighted by atomic mass is 16.3. The number of Topliss-reactive ketones (excluding diaryl/α,β-unsaturated/α-hetero) is 1. The number of amides is 3. The Labute approximate surface area is 226 Å². The first kappa shape index (κ1) is 27.3. The highest BCUT2D eigenvalue weighted by molar-refractivity contribution is 6.05. The minimum absolute atomic E-state index is 0.0706. The summed E-state index contributed by atoms with van der Waals surface area (Å²) in [6.07, 6.45) is -0.132. The third kappa shape index (κ3) is 6.20. The van der Waals surface area contributed by atoms with E-state index in [4.69, 9.17) is 0 Å². The van der Waals surface area contributed by atoms with Crippen molar-refractivity contribution < 1.29 is 24.6 Å². The molecule has 0 bridgehead atoms. The maximum atomic E-state index is 13.2. The highest BCUT2D eigenvalue weighted by Gasteiger charge is 2.31. The zero-order valence-electron chi connectivity index (χ0n) is 22.0. The molecule has 6 N–H and O–H groups in total. The van der Waals surface area contributed by atoms with Gasteiger partial charge in [0.25, 0.3) is 0 Å². The molecule has 0 aliphatic carbocycles. The summed E-state index contributed by atoms with van der Waals surface area (Å²) in [6, 6.07) is 20.3. The van der Waals surface area contributed by atoms with Crippen molar-refractivity contribution in [3.05, 3.63) is 89.5 Å². The van der Waals surface area contributed by atoms with Crippen LogP contribution in [0.15, 0.2) is 72.8 Å². The Balaban J connectivity index is 1.51. The molecule has 1 unspecified atom stereocenters. The minimum Gasteiger partial charge on any atom is -0.494 e. The van der Waals surface area contributed by atoms with Crippen LogP contribution in [0.4, 0.5) is 10.5 Å². The zero-order chi connectivity index (χ0) is 28.1. The van der Waals surface area contributed by atoms with Crippen molar-refractivity contribution in [1.29, 1.82) is 0 Å². The summed E-state index contributed by atoms with van der Waals surface area (Å²) in [4.78, 5) is 41.8. The van der Waals surface area contributed by atoms with E-state index in [1.165, 1.54) is 6.92 Å². The molecule has 2 atom stereocenters. The van der Waals surface area contributed by atoms with Gasteiger partial charge in [0.05, 0.1) is 29.8 Å². The van der Waals surface area contributed by atoms with Gasteiger partial charge in [-0.2, -0.15) is 0 Å². The van der Waals surface area contributed by atoms with E-state index in [0.29, 0.717) is 5.69 Å². The molecule has 0 fully saturated rings. The Bertz CT molecular complexity index is 1490. The molecule has 4 rings (SSSR count). The number of aromatic nitrogens is 1. The molecule has 0 aliphatic heterocycles. The van der Waals surface area contributed by atoms with E-state index in [2.05, 4.69) is 20.9 Å². The zero-order valence-corrected chi connectivity index (χ0v) is 22.0. The monoisotopic (exact) mass is 528 g/mol. The first-order chi connectivity index (χ1) is 18.7. The van der Waals surface area contributed by atoms with Crippen LogP contribution in [0.2, 0.25) is 0 Å². The summed E-state index contributed by atoms with van der Waals surface area (Å²) in [6.45, 7) is 5.04. The smallest absolute Gasteiger partial charge is 0.319 e. The molecular formula is C30H32N4O5. The largest absolute Gasteiger partial charge is 0.494 e. The number of hydrogen-bond donors (Lipinski definition) is 6. The van der Waals surface area contributed by atoms with Gasteiger partial charge in [0, 0.05) is 10.9 Å². The fraction of sp³-hybridized carbons (Fsp3) is 0.233. The predicted octanol–water partition coefficient (Wildman–Crippen LogP) is 5.16. The van der Waals surface area contributed by atoms with Crippen LogP contribution >= 0.6 is 0 Å². The van der Waals surface area contributed by atoms with Gasteiger partial charge < -0.3 is 26.2 Å². The second-order valence-corrected chi connectivity index (χ2v) is 9.77. The van der Waals surface area contributed by atoms with Gasteiger partial charge >= 0.3 is 6.03 Å². The average molecular weight is 529 g/mol. The number of anilines is 1. The summed E-state index contributed by atoms with van der Waals surface area (Å²) in [7, 11) is 0. The lowest BCUT2D eigenvalue weighted by Gasteiger charge is -2.24. The summed E-state index contributed by atoms with van der Waals surface area (Å²) in [5, 5.41) is 30.4. The van der Waals surface area contributed by atoms with Crippen LogP contribution in [0.1, 0.15) is 47.8 Å². The van der Waals surface area contributed by atoms with E-state index in [1.807, 2.05) is 66.7 Å². The fourth-order valence-corrected chi connectivity index (χ4v) is 4.56. The molecule has 0 spiro atoms. The van der Waals surface area contributed by atoms with Crippen LogP contribution in [0.25, 0.3) is 10.8 Å². The van der Waals surface area contributed by atoms with Crippen molar-refractivity contribution in [1.82, 2.24) is 15.6 Å². The number of carbonyl (C=O) groups is 3. The van der Waals surface area contributed by atoms with Crippen LogP contribution < -0.4 is 16.0 Å². The van der Waals surface area contributed by atoms with Crippen molar-refractivity contribution in [2.45, 2.75) is 39.3 Å². The molecule has 202 valence electrons. The fourth-order valence-electron chi connectivity index (χ4n) is 4.56. The number of ketones is 1. The van der Waals surface area contributed by atoms with Crippen molar-refractivity contribution in [3.63, 3.8) is 0 Å². The summed E-state index contributed by atoms with van der Waals surface area (Å²) < 4.78 is 0. The molecule has 9 heteroatoms. The maximum Gasteiger partial charge on any atom is 0.319 e. The Kier molecular flexibility index (Phi) is 8.19. The van der Waals surface area contributed by atoms with Crippen molar-refractivity contribution in [3.8, 4) is 11.8 Å². The molecule has 4 aromatic rings. The highest BCUT2D eigenvalue weighted by Crippen LogP contribution is 2.30. The lowest BCUT2D eigenvalue weighted by atomic mass is 9.93. The number of urea groups is 1. The number of rotatable bonds is 9. The third-order valence-corrected chi connectivity index (χ3v) is 6.65. The number of H-pyrrole nitrogens is 1. The molecule has 39 heavy (non-hydrogen) atoms. The molecule has 0 aliphatic rings. The van der Waals surface area contributed by atoms with E-state index in [1.54, 1.807) is 19.9 Å². The van der Waals surface area contributed by atoms with Crippen molar-refractivity contribution >= 4 is 34.2 Å². The van der Waals surface area contributed by atoms with Crippen LogP contribution in [0, 0.1) is 12.8 Å². The first-order valence-electron chi connectivity index (χ1n) is 12.7. The summed E-state index contributed by atoms with van der Waals surface area (Å²) in [5.41, 5.74) is 1.49. The van der Waals surface area contributed by atoms with E-state index >= 15 is 0 Å². The molecule has 9 nitrogen and oxygen atoms in total. The number of benzene rings is 3. The normalized spacial score (nSPS) is 12.6. The quantitative estimate of drug-likeness (QED) is 0.166. The number of aromatic amines is 1. The summed E-state index contributed by atoms with van der Waals surface area (Å²) in [5.74, 6) is -2.06. The van der Waals surface area contributed by atoms with Gasteiger partial charge in [-0.25, -0.2) is 4.79 Å². The molecule has 1 aromatic heterocycles. The molecular weight excluding hydrogens is 496 g/mol. The Morgan fingerprint density at radius 1 is 0.846 bits per heavy atom. The maximum absolute atomic E-state index is 13.2. The number of fused-ring (bicyclic) bond motifs is 1. The Hall–Kier alpha value is -4.79. The Morgan fingerprint density at radius 3 is 2.18 bits per heavy atom. The number of nitrogens with one attached hydrogen (secondary N) is 4. The van der Waals surface area contributed by atoms with Gasteiger partial charge in [0.15, 0.2) is 11.7 Å². The van der Waals surface area contributed by atoms with Crippen LogP contribution in [-0.2, 0) is 4.79 Å². The number of aromatic hydroxyl groups is 2. The van der Waals surface area contributed by atoms with E-state index in [9.17, 15) is 24.6 Å². The topological polar surface area (TPSA) is 144 Å². The standard InChI is InChI=1S/C30H32N4O5/c1-17(2)26(27(36)25-18(3)28(37)34-29(25)38)33-24(35)16-23(20-11-5-4-6-12-20)32-30(39)31-22-15-9-13-19-10-7-8-14-21(19)22/h4-15,17,23,26,34,37-38H,16H2,1-3H3,(H,33,35)(H2,31,32,39)/t23?,26-/m0/s1. The first-order valence-corrected chi connectivity index (χ1v) is 12.7. The third-order valence-electron chi connectivity index (χ3n) is 6.65. The molecule has 3 aromatic carbocycles. The second kappa shape index (κ2) is 11.7. The Morgan fingerprint density at radius 2 is 1.51 bits per heavy atom. The van der Waals surface area contributed by atoms with E-state index < -0.39 is 35.7 Å². The van der Waals surface area contributed by atoms with E-state index in [0.717, 1.165) is 16.3 Å². The SMILES string of the molecule is Cc1c(O)[nH]c(O)c1C(=O)[C@@H](NC(=O)CC(NC(=O)Nc1cccc2ccccc12)c1ccccc1)C(C)C. The molecule has 3 amide bonds. The van der Waals surface area contributed by atoms with Gasteiger partial charge in [-0.05, 0) is 29.9 Å².